The quantitative estimate of drug-likeness (QED) is 0.865. The van der Waals surface area contributed by atoms with Gasteiger partial charge in [0.1, 0.15) is 0 Å². The molecule has 2 rings (SSSR count). The van der Waals surface area contributed by atoms with Gasteiger partial charge < -0.3 is 15.7 Å². The number of carbonyl (C=O) groups is 2. The van der Waals surface area contributed by atoms with E-state index >= 15 is 0 Å². The fourth-order valence-electron chi connectivity index (χ4n) is 2.57. The van der Waals surface area contributed by atoms with Crippen LogP contribution in [0.2, 0.25) is 5.02 Å². The summed E-state index contributed by atoms with van der Waals surface area (Å²) in [5, 5.41) is 9.57. The number of carboxylic acid groups (broad SMARTS) is 1. The van der Waals surface area contributed by atoms with E-state index in [4.69, 9.17) is 22.4 Å². The summed E-state index contributed by atoms with van der Waals surface area (Å²) in [6.45, 7) is 0.906. The molecule has 1 heterocycles. The van der Waals surface area contributed by atoms with Crippen LogP contribution in [0.3, 0.4) is 0 Å². The van der Waals surface area contributed by atoms with Gasteiger partial charge in [-0.1, -0.05) is 29.8 Å². The lowest BCUT2D eigenvalue weighted by Gasteiger charge is -2.28. The van der Waals surface area contributed by atoms with Crippen LogP contribution >= 0.6 is 11.6 Å². The number of hydrogen-bond donors (Lipinski definition) is 2. The monoisotopic (exact) mass is 296 g/mol. The van der Waals surface area contributed by atoms with Gasteiger partial charge in [-0.15, -0.1) is 0 Å². The van der Waals surface area contributed by atoms with Crippen LogP contribution in [-0.2, 0) is 9.59 Å². The zero-order valence-corrected chi connectivity index (χ0v) is 11.7. The lowest BCUT2D eigenvalue weighted by atomic mass is 10.0. The number of amides is 1. The summed E-state index contributed by atoms with van der Waals surface area (Å²) >= 11 is 6.14. The maximum atomic E-state index is 12.1. The highest BCUT2D eigenvalue weighted by Gasteiger charge is 2.36. The minimum atomic E-state index is -0.959. The molecule has 2 atom stereocenters. The lowest BCUT2D eigenvalue weighted by molar-refractivity contribution is -0.139. The highest BCUT2D eigenvalue weighted by atomic mass is 35.5. The van der Waals surface area contributed by atoms with E-state index in [1.54, 1.807) is 29.2 Å². The van der Waals surface area contributed by atoms with E-state index in [1.807, 2.05) is 0 Å². The van der Waals surface area contributed by atoms with Crippen molar-refractivity contribution in [2.24, 2.45) is 11.7 Å². The van der Waals surface area contributed by atoms with Crippen molar-refractivity contribution in [2.75, 3.05) is 13.1 Å². The first-order chi connectivity index (χ1) is 9.52. The average molecular weight is 297 g/mol. The molecule has 1 aromatic rings. The summed E-state index contributed by atoms with van der Waals surface area (Å²) < 4.78 is 0. The molecule has 0 spiro atoms. The molecule has 6 heteroatoms. The fraction of sp³-hybridized carbons (Fsp3) is 0.429. The number of aliphatic carboxylic acids is 1. The number of likely N-dealkylation sites (tertiary alicyclic amines) is 1. The first-order valence-corrected chi connectivity index (χ1v) is 6.86. The number of hydrogen-bond acceptors (Lipinski definition) is 3. The minimum absolute atomic E-state index is 0.0633. The SMILES string of the molecule is NCC1CC(=O)N(C(CC(=O)O)c2ccccc2Cl)C1. The number of halogens is 1. The van der Waals surface area contributed by atoms with Gasteiger partial charge in [0.2, 0.25) is 5.91 Å². The number of carboxylic acids is 1. The van der Waals surface area contributed by atoms with Gasteiger partial charge in [-0.2, -0.15) is 0 Å². The van der Waals surface area contributed by atoms with Crippen LogP contribution in [0.4, 0.5) is 0 Å². The Morgan fingerprint density at radius 3 is 2.75 bits per heavy atom. The van der Waals surface area contributed by atoms with Crippen LogP contribution in [0.5, 0.6) is 0 Å². The Balaban J connectivity index is 2.31. The van der Waals surface area contributed by atoms with Crippen LogP contribution in [0.15, 0.2) is 24.3 Å². The van der Waals surface area contributed by atoms with Crippen molar-refractivity contribution in [3.05, 3.63) is 34.9 Å². The third-order valence-corrected chi connectivity index (χ3v) is 3.92. The molecule has 1 saturated heterocycles. The summed E-state index contributed by atoms with van der Waals surface area (Å²) in [4.78, 5) is 24.8. The van der Waals surface area contributed by atoms with Crippen LogP contribution in [0.25, 0.3) is 0 Å². The van der Waals surface area contributed by atoms with Gasteiger partial charge in [-0.3, -0.25) is 9.59 Å². The first-order valence-electron chi connectivity index (χ1n) is 6.48. The van der Waals surface area contributed by atoms with Crippen molar-refractivity contribution in [1.29, 1.82) is 0 Å². The molecule has 0 aromatic heterocycles. The maximum absolute atomic E-state index is 12.1. The zero-order valence-electron chi connectivity index (χ0n) is 11.0. The summed E-state index contributed by atoms with van der Waals surface area (Å²) in [7, 11) is 0. The molecule has 1 fully saturated rings. The number of nitrogens with two attached hydrogens (primary N) is 1. The molecular formula is C14H17ClN2O3. The second kappa shape index (κ2) is 6.24. The van der Waals surface area contributed by atoms with Crippen molar-refractivity contribution in [1.82, 2.24) is 4.90 Å². The Morgan fingerprint density at radius 2 is 2.20 bits per heavy atom. The molecule has 0 bridgehead atoms. The minimum Gasteiger partial charge on any atom is -0.481 e. The largest absolute Gasteiger partial charge is 0.481 e. The second-order valence-corrected chi connectivity index (χ2v) is 5.39. The van der Waals surface area contributed by atoms with E-state index in [0.29, 0.717) is 30.1 Å². The molecule has 5 nitrogen and oxygen atoms in total. The topological polar surface area (TPSA) is 83.6 Å². The molecule has 0 aliphatic carbocycles. The fourth-order valence-corrected chi connectivity index (χ4v) is 2.83. The van der Waals surface area contributed by atoms with Crippen LogP contribution in [0, 0.1) is 5.92 Å². The predicted octanol–water partition coefficient (Wildman–Crippen LogP) is 1.66. The average Bonchev–Trinajstić information content (AvgIpc) is 2.78. The van der Waals surface area contributed by atoms with E-state index in [2.05, 4.69) is 0 Å². The molecule has 108 valence electrons. The third kappa shape index (κ3) is 3.11. The maximum Gasteiger partial charge on any atom is 0.305 e. The van der Waals surface area contributed by atoms with Crippen molar-refractivity contribution in [3.63, 3.8) is 0 Å². The van der Waals surface area contributed by atoms with E-state index in [-0.39, 0.29) is 18.2 Å². The Morgan fingerprint density at radius 1 is 1.50 bits per heavy atom. The van der Waals surface area contributed by atoms with Gasteiger partial charge in [-0.05, 0) is 24.1 Å². The lowest BCUT2D eigenvalue weighted by Crippen LogP contribution is -2.32. The van der Waals surface area contributed by atoms with Gasteiger partial charge >= 0.3 is 5.97 Å². The van der Waals surface area contributed by atoms with Crippen molar-refractivity contribution >= 4 is 23.5 Å². The number of benzene rings is 1. The number of rotatable bonds is 5. The molecule has 1 aromatic carbocycles. The number of nitrogens with zero attached hydrogens (tertiary/aromatic N) is 1. The number of carbonyl (C=O) groups excluding carboxylic acids is 1. The summed E-state index contributed by atoms with van der Waals surface area (Å²) in [5.41, 5.74) is 6.28. The van der Waals surface area contributed by atoms with Gasteiger partial charge in [0, 0.05) is 18.0 Å². The molecule has 2 unspecified atom stereocenters. The summed E-state index contributed by atoms with van der Waals surface area (Å²) in [6, 6.07) is 6.49. The Hall–Kier alpha value is -1.59. The molecule has 1 amide bonds. The first kappa shape index (κ1) is 14.8. The summed E-state index contributed by atoms with van der Waals surface area (Å²) in [6.07, 6.45) is 0.212. The normalized spacial score (nSPS) is 20.2. The van der Waals surface area contributed by atoms with Crippen molar-refractivity contribution < 1.29 is 14.7 Å². The molecule has 0 saturated carbocycles. The highest BCUT2D eigenvalue weighted by molar-refractivity contribution is 6.31. The Kier molecular flexibility index (Phi) is 4.62. The van der Waals surface area contributed by atoms with Gasteiger partial charge in [-0.25, -0.2) is 0 Å². The standard InChI is InChI=1S/C14H17ClN2O3/c15-11-4-2-1-3-10(11)12(6-14(19)20)17-8-9(7-16)5-13(17)18/h1-4,9,12H,5-8,16H2,(H,19,20). The molecule has 0 radical (unpaired) electrons. The van der Waals surface area contributed by atoms with Crippen molar-refractivity contribution in [3.8, 4) is 0 Å². The molecule has 20 heavy (non-hydrogen) atoms. The van der Waals surface area contributed by atoms with E-state index in [0.717, 1.165) is 0 Å². The van der Waals surface area contributed by atoms with Gasteiger partial charge in [0.05, 0.1) is 12.5 Å². The molecule has 3 N–H and O–H groups in total. The Bertz CT molecular complexity index is 521. The van der Waals surface area contributed by atoms with E-state index in [9.17, 15) is 9.59 Å². The van der Waals surface area contributed by atoms with Crippen LogP contribution in [-0.4, -0.2) is 35.0 Å². The smallest absolute Gasteiger partial charge is 0.305 e. The second-order valence-electron chi connectivity index (χ2n) is 4.99. The zero-order chi connectivity index (χ0) is 14.7. The highest BCUT2D eigenvalue weighted by Crippen LogP contribution is 2.34. The van der Waals surface area contributed by atoms with Crippen molar-refractivity contribution in [2.45, 2.75) is 18.9 Å². The Labute approximate surface area is 122 Å². The van der Waals surface area contributed by atoms with Gasteiger partial charge in [0.15, 0.2) is 0 Å². The molecular weight excluding hydrogens is 280 g/mol. The summed E-state index contributed by atoms with van der Waals surface area (Å²) in [5.74, 6) is -0.938. The van der Waals surface area contributed by atoms with Crippen LogP contribution < -0.4 is 5.73 Å². The van der Waals surface area contributed by atoms with E-state index < -0.39 is 12.0 Å². The predicted molar refractivity (Wildman–Crippen MR) is 75.3 cm³/mol. The van der Waals surface area contributed by atoms with Gasteiger partial charge in [0.25, 0.3) is 0 Å². The molecule has 1 aliphatic rings. The molecule has 1 aliphatic heterocycles. The third-order valence-electron chi connectivity index (χ3n) is 3.58. The van der Waals surface area contributed by atoms with Crippen LogP contribution in [0.1, 0.15) is 24.4 Å². The van der Waals surface area contributed by atoms with E-state index in [1.165, 1.54) is 0 Å².